The summed E-state index contributed by atoms with van der Waals surface area (Å²) in [4.78, 5) is 23.5. The van der Waals surface area contributed by atoms with Crippen LogP contribution >= 0.6 is 0 Å². The molecule has 0 aliphatic heterocycles. The average molecular weight is 331 g/mol. The van der Waals surface area contributed by atoms with Gasteiger partial charge in [0.2, 0.25) is 5.76 Å². The number of nitrogens with two attached hydrogens (primary N) is 1. The number of nitrogens with one attached hydrogen (secondary N) is 2. The Morgan fingerprint density at radius 2 is 1.75 bits per heavy atom. The second-order valence-corrected chi connectivity index (χ2v) is 4.88. The molecule has 0 aliphatic carbocycles. The van der Waals surface area contributed by atoms with Crippen LogP contribution in [0.2, 0.25) is 0 Å². The number of para-hydroxylation sites is 1. The van der Waals surface area contributed by atoms with Gasteiger partial charge in [0.15, 0.2) is 11.4 Å². The van der Waals surface area contributed by atoms with Gasteiger partial charge in [0.1, 0.15) is 11.5 Å². The van der Waals surface area contributed by atoms with E-state index in [1.54, 1.807) is 30.3 Å². The van der Waals surface area contributed by atoms with Crippen molar-refractivity contribution in [2.45, 2.75) is 0 Å². The highest BCUT2D eigenvalue weighted by molar-refractivity contribution is 6.12. The van der Waals surface area contributed by atoms with Crippen LogP contribution in [0.15, 0.2) is 46.9 Å². The second kappa shape index (κ2) is 5.99. The molecule has 1 heterocycles. The summed E-state index contributed by atoms with van der Waals surface area (Å²) in [5, 5.41) is 4.74. The fraction of sp³-hybridized carbons (Fsp3) is 0. The van der Waals surface area contributed by atoms with Gasteiger partial charge in [-0.15, -0.1) is 0 Å². The lowest BCUT2D eigenvalue weighted by molar-refractivity contribution is 0.0977. The first-order valence-electron chi connectivity index (χ1n) is 6.80. The third-order valence-electron chi connectivity index (χ3n) is 3.20. The minimum atomic E-state index is -1.03. The van der Waals surface area contributed by atoms with Gasteiger partial charge in [0.25, 0.3) is 5.91 Å². The molecule has 4 N–H and O–H groups in total. The number of rotatable bonds is 3. The van der Waals surface area contributed by atoms with E-state index in [-0.39, 0.29) is 16.7 Å². The Bertz CT molecular complexity index is 939. The number of furan rings is 1. The molecular weight excluding hydrogens is 320 g/mol. The maximum atomic E-state index is 13.8. The van der Waals surface area contributed by atoms with E-state index in [2.05, 4.69) is 10.6 Å². The Hall–Kier alpha value is -3.42. The van der Waals surface area contributed by atoms with Crippen molar-refractivity contribution in [3.63, 3.8) is 0 Å². The number of carbonyl (C=O) groups is 2. The standard InChI is InChI=1S/C16H11F2N3O3/c17-8-6-10-12(14(15(19)22)24-13(10)11(18)7-8)21-16(23)20-9-4-2-1-3-5-9/h1-7H,(H2,19,22)(H2,20,21,23). The van der Waals surface area contributed by atoms with Gasteiger partial charge in [-0.1, -0.05) is 18.2 Å². The van der Waals surface area contributed by atoms with Gasteiger partial charge in [0, 0.05) is 11.8 Å². The van der Waals surface area contributed by atoms with Gasteiger partial charge < -0.3 is 20.8 Å². The van der Waals surface area contributed by atoms with Gasteiger partial charge in [-0.3, -0.25) is 4.79 Å². The molecule has 24 heavy (non-hydrogen) atoms. The van der Waals surface area contributed by atoms with Crippen molar-refractivity contribution in [2.75, 3.05) is 10.6 Å². The quantitative estimate of drug-likeness (QED) is 0.685. The molecule has 3 rings (SSSR count). The molecule has 0 spiro atoms. The number of fused-ring (bicyclic) bond motifs is 1. The van der Waals surface area contributed by atoms with Crippen LogP contribution in [-0.2, 0) is 0 Å². The summed E-state index contributed by atoms with van der Waals surface area (Å²) in [6.45, 7) is 0. The van der Waals surface area contributed by atoms with Crippen LogP contribution in [0.4, 0.5) is 25.0 Å². The highest BCUT2D eigenvalue weighted by Gasteiger charge is 2.23. The molecule has 0 atom stereocenters. The van der Waals surface area contributed by atoms with Crippen LogP contribution in [0.25, 0.3) is 11.0 Å². The van der Waals surface area contributed by atoms with Crippen molar-refractivity contribution in [2.24, 2.45) is 5.73 Å². The molecule has 0 bridgehead atoms. The predicted molar refractivity (Wildman–Crippen MR) is 83.7 cm³/mol. The Balaban J connectivity index is 2.00. The molecule has 8 heteroatoms. The van der Waals surface area contributed by atoms with Crippen molar-refractivity contribution in [1.29, 1.82) is 0 Å². The van der Waals surface area contributed by atoms with E-state index < -0.39 is 29.3 Å². The normalized spacial score (nSPS) is 10.6. The van der Waals surface area contributed by atoms with Gasteiger partial charge in [-0.2, -0.15) is 0 Å². The lowest BCUT2D eigenvalue weighted by Gasteiger charge is -2.07. The number of hydrogen-bond acceptors (Lipinski definition) is 3. The molecule has 0 unspecified atom stereocenters. The highest BCUT2D eigenvalue weighted by Crippen LogP contribution is 2.33. The zero-order valence-corrected chi connectivity index (χ0v) is 12.1. The van der Waals surface area contributed by atoms with E-state index in [0.29, 0.717) is 11.8 Å². The van der Waals surface area contributed by atoms with Crippen molar-refractivity contribution in [1.82, 2.24) is 0 Å². The summed E-state index contributed by atoms with van der Waals surface area (Å²) in [5.41, 5.74) is 5.08. The molecule has 6 nitrogen and oxygen atoms in total. The lowest BCUT2D eigenvalue weighted by Crippen LogP contribution is -2.21. The number of urea groups is 1. The lowest BCUT2D eigenvalue weighted by atomic mass is 10.2. The molecule has 2 aromatic carbocycles. The molecule has 0 saturated carbocycles. The second-order valence-electron chi connectivity index (χ2n) is 4.88. The minimum absolute atomic E-state index is 0.107. The monoisotopic (exact) mass is 331 g/mol. The van der Waals surface area contributed by atoms with Crippen LogP contribution in [0.1, 0.15) is 10.6 Å². The Labute approximate surface area is 134 Å². The van der Waals surface area contributed by atoms with Crippen molar-refractivity contribution in [3.8, 4) is 0 Å². The van der Waals surface area contributed by atoms with Gasteiger partial charge >= 0.3 is 6.03 Å². The Morgan fingerprint density at radius 3 is 2.42 bits per heavy atom. The summed E-state index contributed by atoms with van der Waals surface area (Å²) in [6.07, 6.45) is 0. The number of hydrogen-bond donors (Lipinski definition) is 3. The number of halogens is 2. The fourth-order valence-corrected chi connectivity index (χ4v) is 2.22. The first-order valence-corrected chi connectivity index (χ1v) is 6.80. The Kier molecular flexibility index (Phi) is 3.87. The van der Waals surface area contributed by atoms with Crippen LogP contribution in [0.3, 0.4) is 0 Å². The molecule has 122 valence electrons. The summed E-state index contributed by atoms with van der Waals surface area (Å²) < 4.78 is 32.3. The van der Waals surface area contributed by atoms with Gasteiger partial charge in [-0.05, 0) is 18.2 Å². The third kappa shape index (κ3) is 2.89. The predicted octanol–water partition coefficient (Wildman–Crippen LogP) is 3.45. The minimum Gasteiger partial charge on any atom is -0.446 e. The largest absolute Gasteiger partial charge is 0.446 e. The summed E-state index contributed by atoms with van der Waals surface area (Å²) in [6, 6.07) is 9.28. The third-order valence-corrected chi connectivity index (χ3v) is 3.20. The van der Waals surface area contributed by atoms with Crippen molar-refractivity contribution in [3.05, 3.63) is 59.9 Å². The average Bonchev–Trinajstić information content (AvgIpc) is 2.87. The highest BCUT2D eigenvalue weighted by atomic mass is 19.1. The van der Waals surface area contributed by atoms with Crippen LogP contribution in [-0.4, -0.2) is 11.9 Å². The molecular formula is C16H11F2N3O3. The molecule has 0 radical (unpaired) electrons. The number of carbonyl (C=O) groups excluding carboxylic acids is 2. The first-order chi connectivity index (χ1) is 11.5. The van der Waals surface area contributed by atoms with Crippen molar-refractivity contribution >= 4 is 34.3 Å². The summed E-state index contributed by atoms with van der Waals surface area (Å²) in [7, 11) is 0. The number of anilines is 2. The van der Waals surface area contributed by atoms with Crippen LogP contribution in [0, 0.1) is 11.6 Å². The van der Waals surface area contributed by atoms with Crippen molar-refractivity contribution < 1.29 is 22.8 Å². The Morgan fingerprint density at radius 1 is 1.04 bits per heavy atom. The van der Waals surface area contributed by atoms with Crippen LogP contribution in [0.5, 0.6) is 0 Å². The zero-order valence-electron chi connectivity index (χ0n) is 12.1. The molecule has 3 amide bonds. The summed E-state index contributed by atoms with van der Waals surface area (Å²) in [5.74, 6) is -3.40. The smallest absolute Gasteiger partial charge is 0.323 e. The number of primary amides is 1. The topological polar surface area (TPSA) is 97.4 Å². The zero-order chi connectivity index (χ0) is 17.3. The van der Waals surface area contributed by atoms with E-state index in [0.717, 1.165) is 6.07 Å². The number of benzene rings is 2. The molecule has 1 aromatic heterocycles. The van der Waals surface area contributed by atoms with E-state index in [9.17, 15) is 18.4 Å². The number of amides is 3. The SMILES string of the molecule is NC(=O)c1oc2c(F)cc(F)cc2c1NC(=O)Nc1ccccc1. The van der Waals surface area contributed by atoms with Gasteiger partial charge in [-0.25, -0.2) is 13.6 Å². The fourth-order valence-electron chi connectivity index (χ4n) is 2.22. The molecule has 0 saturated heterocycles. The maximum absolute atomic E-state index is 13.8. The molecule has 3 aromatic rings. The maximum Gasteiger partial charge on any atom is 0.323 e. The molecule has 0 aliphatic rings. The van der Waals surface area contributed by atoms with Gasteiger partial charge in [0.05, 0.1) is 5.39 Å². The summed E-state index contributed by atoms with van der Waals surface area (Å²) >= 11 is 0. The van der Waals surface area contributed by atoms with E-state index in [1.807, 2.05) is 0 Å². The van der Waals surface area contributed by atoms with E-state index in [4.69, 9.17) is 10.2 Å². The molecule has 0 fully saturated rings. The van der Waals surface area contributed by atoms with E-state index in [1.165, 1.54) is 0 Å². The van der Waals surface area contributed by atoms with Crippen LogP contribution < -0.4 is 16.4 Å². The first kappa shape index (κ1) is 15.5. The van der Waals surface area contributed by atoms with E-state index >= 15 is 0 Å².